The van der Waals surface area contributed by atoms with Crippen LogP contribution in [0.25, 0.3) is 22.6 Å². The van der Waals surface area contributed by atoms with E-state index in [2.05, 4.69) is 10.00 Å². The minimum Gasteiger partial charge on any atom is -0.356 e. The lowest BCUT2D eigenvalue weighted by atomic mass is 10.1. The van der Waals surface area contributed by atoms with Crippen LogP contribution >= 0.6 is 0 Å². The van der Waals surface area contributed by atoms with E-state index in [1.807, 2.05) is 31.2 Å². The zero-order chi connectivity index (χ0) is 21.9. The molecule has 31 heavy (non-hydrogen) atoms. The molecule has 0 N–H and O–H groups in total. The maximum absolute atomic E-state index is 12.7. The highest BCUT2D eigenvalue weighted by Gasteiger charge is 2.38. The monoisotopic (exact) mass is 418 g/mol. The third-order valence-electron chi connectivity index (χ3n) is 6.00. The van der Waals surface area contributed by atoms with Gasteiger partial charge in [0.1, 0.15) is 11.4 Å². The first kappa shape index (κ1) is 19.2. The van der Waals surface area contributed by atoms with Gasteiger partial charge in [0.05, 0.1) is 11.2 Å². The van der Waals surface area contributed by atoms with E-state index in [-0.39, 0.29) is 5.57 Å². The number of aromatic nitrogens is 3. The average molecular weight is 418 g/mol. The van der Waals surface area contributed by atoms with Crippen LogP contribution in [-0.4, -0.2) is 69.4 Å². The summed E-state index contributed by atoms with van der Waals surface area (Å²) in [5.74, 6) is -0.384. The van der Waals surface area contributed by atoms with Crippen molar-refractivity contribution >= 4 is 46.3 Å². The topological polar surface area (TPSA) is 91.1 Å². The van der Waals surface area contributed by atoms with E-state index in [0.717, 1.165) is 52.5 Å². The number of hydrogen-bond donors (Lipinski definition) is 0. The van der Waals surface area contributed by atoms with Crippen LogP contribution in [0.15, 0.2) is 29.8 Å². The highest BCUT2D eigenvalue weighted by molar-refractivity contribution is 6.30. The molecule has 0 atom stereocenters. The fraction of sp³-hybridized carbons (Fsp3) is 0.318. The van der Waals surface area contributed by atoms with Crippen LogP contribution in [0.1, 0.15) is 24.1 Å². The SMILES string of the molecule is Cc1nn2c(nc(N3CCCC3)c3ccccc32)c1C=C1C(=O)N(C)C(=O)N(C)C1=O. The van der Waals surface area contributed by atoms with Gasteiger partial charge in [0.2, 0.25) is 0 Å². The largest absolute Gasteiger partial charge is 0.356 e. The zero-order valence-corrected chi connectivity index (χ0v) is 17.6. The van der Waals surface area contributed by atoms with Gasteiger partial charge in [0.15, 0.2) is 5.65 Å². The van der Waals surface area contributed by atoms with Crippen LogP contribution in [0.5, 0.6) is 0 Å². The minimum absolute atomic E-state index is 0.0831. The summed E-state index contributed by atoms with van der Waals surface area (Å²) < 4.78 is 1.76. The molecule has 2 aliphatic rings. The Morgan fingerprint density at radius 2 is 1.61 bits per heavy atom. The van der Waals surface area contributed by atoms with Crippen molar-refractivity contribution < 1.29 is 14.4 Å². The maximum Gasteiger partial charge on any atom is 0.333 e. The lowest BCUT2D eigenvalue weighted by molar-refractivity contribution is -0.134. The second kappa shape index (κ2) is 6.90. The Kier molecular flexibility index (Phi) is 4.28. The van der Waals surface area contributed by atoms with Gasteiger partial charge in [-0.3, -0.25) is 19.4 Å². The summed E-state index contributed by atoms with van der Waals surface area (Å²) in [6, 6.07) is 7.31. The molecule has 0 unspecified atom stereocenters. The number of nitrogens with zero attached hydrogens (tertiary/aromatic N) is 6. The van der Waals surface area contributed by atoms with Crippen molar-refractivity contribution in [3.05, 3.63) is 41.1 Å². The summed E-state index contributed by atoms with van der Waals surface area (Å²) in [5, 5.41) is 5.66. The van der Waals surface area contributed by atoms with Gasteiger partial charge < -0.3 is 4.90 Å². The predicted octanol–water partition coefficient (Wildman–Crippen LogP) is 2.22. The molecule has 2 aromatic heterocycles. The number of carbonyl (C=O) groups is 3. The summed E-state index contributed by atoms with van der Waals surface area (Å²) in [6.07, 6.45) is 3.75. The molecule has 2 aliphatic heterocycles. The van der Waals surface area contributed by atoms with Crippen LogP contribution in [-0.2, 0) is 9.59 Å². The summed E-state index contributed by atoms with van der Waals surface area (Å²) in [6.45, 7) is 3.69. The van der Waals surface area contributed by atoms with Crippen molar-refractivity contribution in [2.45, 2.75) is 19.8 Å². The minimum atomic E-state index is -0.649. The Morgan fingerprint density at radius 3 is 2.29 bits per heavy atom. The lowest BCUT2D eigenvalue weighted by Gasteiger charge is -2.28. The number of imide groups is 2. The zero-order valence-electron chi connectivity index (χ0n) is 17.6. The fourth-order valence-corrected chi connectivity index (χ4v) is 4.27. The van der Waals surface area contributed by atoms with Crippen molar-refractivity contribution in [3.63, 3.8) is 0 Å². The van der Waals surface area contributed by atoms with Gasteiger partial charge in [-0.15, -0.1) is 0 Å². The molecule has 0 aliphatic carbocycles. The molecule has 0 radical (unpaired) electrons. The van der Waals surface area contributed by atoms with E-state index in [0.29, 0.717) is 16.9 Å². The Bertz CT molecular complexity index is 1280. The summed E-state index contributed by atoms with van der Waals surface area (Å²) in [4.78, 5) is 46.5. The van der Waals surface area contributed by atoms with Crippen LogP contribution in [0.4, 0.5) is 10.6 Å². The van der Waals surface area contributed by atoms with Gasteiger partial charge in [-0.25, -0.2) is 14.3 Å². The number of benzene rings is 1. The van der Waals surface area contributed by atoms with Crippen LogP contribution in [0, 0.1) is 6.92 Å². The third-order valence-corrected chi connectivity index (χ3v) is 6.00. The molecular formula is C22H22N6O3. The Balaban J connectivity index is 1.76. The quantitative estimate of drug-likeness (QED) is 0.468. The number of amides is 4. The summed E-state index contributed by atoms with van der Waals surface area (Å²) >= 11 is 0. The number of aryl methyl sites for hydroxylation is 1. The third kappa shape index (κ3) is 2.80. The van der Waals surface area contributed by atoms with Crippen molar-refractivity contribution in [1.82, 2.24) is 24.4 Å². The molecule has 5 rings (SSSR count). The molecule has 158 valence electrons. The molecule has 3 aromatic rings. The highest BCUT2D eigenvalue weighted by Crippen LogP contribution is 2.31. The van der Waals surface area contributed by atoms with E-state index in [1.165, 1.54) is 20.2 Å². The van der Waals surface area contributed by atoms with Crippen molar-refractivity contribution in [1.29, 1.82) is 0 Å². The molecular weight excluding hydrogens is 396 g/mol. The number of carbonyl (C=O) groups excluding carboxylic acids is 3. The normalized spacial score (nSPS) is 17.6. The van der Waals surface area contributed by atoms with E-state index in [1.54, 1.807) is 4.52 Å². The van der Waals surface area contributed by atoms with Gasteiger partial charge in [-0.2, -0.15) is 5.10 Å². The molecule has 2 saturated heterocycles. The Hall–Kier alpha value is -3.75. The molecule has 9 nitrogen and oxygen atoms in total. The number of para-hydroxylation sites is 1. The lowest BCUT2D eigenvalue weighted by Crippen LogP contribution is -2.52. The number of anilines is 1. The first-order valence-electron chi connectivity index (χ1n) is 10.2. The molecule has 1 aromatic carbocycles. The van der Waals surface area contributed by atoms with E-state index >= 15 is 0 Å². The average Bonchev–Trinajstić information content (AvgIpc) is 3.41. The molecule has 0 bridgehead atoms. The van der Waals surface area contributed by atoms with Gasteiger partial charge in [0, 0.05) is 38.1 Å². The summed E-state index contributed by atoms with van der Waals surface area (Å²) in [7, 11) is 2.73. The Labute approximate surface area is 178 Å². The van der Waals surface area contributed by atoms with Crippen molar-refractivity contribution in [2.75, 3.05) is 32.1 Å². The number of rotatable bonds is 2. The van der Waals surface area contributed by atoms with E-state index < -0.39 is 17.8 Å². The van der Waals surface area contributed by atoms with Crippen LogP contribution in [0.2, 0.25) is 0 Å². The maximum atomic E-state index is 12.7. The molecule has 4 heterocycles. The van der Waals surface area contributed by atoms with Gasteiger partial charge in [-0.05, 0) is 38.0 Å². The van der Waals surface area contributed by atoms with Crippen molar-refractivity contribution in [3.8, 4) is 0 Å². The van der Waals surface area contributed by atoms with Gasteiger partial charge in [-0.1, -0.05) is 12.1 Å². The number of hydrogen-bond acceptors (Lipinski definition) is 6. The summed E-state index contributed by atoms with van der Waals surface area (Å²) in [5.41, 5.74) is 2.65. The second-order valence-corrected chi connectivity index (χ2v) is 7.95. The molecule has 4 amide bonds. The van der Waals surface area contributed by atoms with Crippen molar-refractivity contribution in [2.24, 2.45) is 0 Å². The number of urea groups is 1. The second-order valence-electron chi connectivity index (χ2n) is 7.95. The first-order valence-corrected chi connectivity index (χ1v) is 10.2. The molecule has 0 saturated carbocycles. The smallest absolute Gasteiger partial charge is 0.333 e. The van der Waals surface area contributed by atoms with Gasteiger partial charge >= 0.3 is 6.03 Å². The van der Waals surface area contributed by atoms with Gasteiger partial charge in [0.25, 0.3) is 11.8 Å². The molecule has 9 heteroatoms. The first-order chi connectivity index (χ1) is 14.9. The number of fused-ring (bicyclic) bond motifs is 3. The molecule has 2 fully saturated rings. The Morgan fingerprint density at radius 1 is 0.968 bits per heavy atom. The highest BCUT2D eigenvalue weighted by atomic mass is 16.2. The number of likely N-dealkylation sites (N-methyl/N-ethyl adjacent to an activating group) is 2. The van der Waals surface area contributed by atoms with Crippen LogP contribution in [0.3, 0.4) is 0 Å². The van der Waals surface area contributed by atoms with E-state index in [4.69, 9.17) is 4.98 Å². The standard InChI is InChI=1S/C22H22N6O3/c1-13-15(12-16-20(29)25(2)22(31)26(3)21(16)30)19-23-18(27-10-6-7-11-27)14-8-4-5-9-17(14)28(19)24-13/h4-5,8-9,12H,6-7,10-11H2,1-3H3. The van der Waals surface area contributed by atoms with E-state index in [9.17, 15) is 14.4 Å². The molecule has 0 spiro atoms. The predicted molar refractivity (Wildman–Crippen MR) is 116 cm³/mol. The van der Waals surface area contributed by atoms with Crippen LogP contribution < -0.4 is 4.90 Å². The fourth-order valence-electron chi connectivity index (χ4n) is 4.27. The number of barbiturate groups is 1.